The van der Waals surface area contributed by atoms with Crippen molar-refractivity contribution in [3.8, 4) is 11.5 Å². The molecule has 3 aromatic rings. The van der Waals surface area contributed by atoms with E-state index in [1.165, 1.54) is 4.88 Å². The molecule has 4 nitrogen and oxygen atoms in total. The molecule has 0 amide bonds. The maximum absolute atomic E-state index is 6.47. The van der Waals surface area contributed by atoms with Crippen molar-refractivity contribution in [2.24, 2.45) is 5.10 Å². The number of benzene rings is 2. The lowest BCUT2D eigenvalue weighted by Crippen LogP contribution is -2.33. The van der Waals surface area contributed by atoms with Gasteiger partial charge in [-0.1, -0.05) is 41.9 Å². The SMILES string of the molecule is CCOc1cccc2c1O[C@H](c1cccc(Cl)c1)N1N=C(c3cccs3)C[C@@H]21. The van der Waals surface area contributed by atoms with Crippen LogP contribution >= 0.6 is 22.9 Å². The summed E-state index contributed by atoms with van der Waals surface area (Å²) in [6, 6.07) is 18.2. The van der Waals surface area contributed by atoms with Gasteiger partial charge in [-0.3, -0.25) is 0 Å². The van der Waals surface area contributed by atoms with E-state index in [-0.39, 0.29) is 12.3 Å². The number of halogens is 1. The van der Waals surface area contributed by atoms with E-state index in [4.69, 9.17) is 26.2 Å². The average Bonchev–Trinajstić information content (AvgIpc) is 3.38. The first-order chi connectivity index (χ1) is 13.7. The van der Waals surface area contributed by atoms with E-state index < -0.39 is 0 Å². The summed E-state index contributed by atoms with van der Waals surface area (Å²) in [5.41, 5.74) is 3.18. The van der Waals surface area contributed by atoms with Crippen molar-refractivity contribution in [1.29, 1.82) is 0 Å². The van der Waals surface area contributed by atoms with Crippen molar-refractivity contribution in [2.75, 3.05) is 6.61 Å². The van der Waals surface area contributed by atoms with Gasteiger partial charge in [-0.25, -0.2) is 5.01 Å². The molecule has 142 valence electrons. The number of rotatable bonds is 4. The zero-order valence-electron chi connectivity index (χ0n) is 15.3. The third kappa shape index (κ3) is 2.95. The molecular formula is C22H19ClN2O2S. The Morgan fingerprint density at radius 1 is 1.21 bits per heavy atom. The van der Waals surface area contributed by atoms with Gasteiger partial charge in [0.2, 0.25) is 6.23 Å². The van der Waals surface area contributed by atoms with Gasteiger partial charge in [-0.15, -0.1) is 11.3 Å². The zero-order chi connectivity index (χ0) is 19.1. The number of hydrazone groups is 1. The van der Waals surface area contributed by atoms with Gasteiger partial charge < -0.3 is 9.47 Å². The number of para-hydroxylation sites is 1. The molecule has 0 aliphatic carbocycles. The zero-order valence-corrected chi connectivity index (χ0v) is 16.9. The smallest absolute Gasteiger partial charge is 0.214 e. The fraction of sp³-hybridized carbons (Fsp3) is 0.227. The van der Waals surface area contributed by atoms with E-state index in [1.807, 2.05) is 43.3 Å². The summed E-state index contributed by atoms with van der Waals surface area (Å²) in [6.45, 7) is 2.57. The molecule has 0 N–H and O–H groups in total. The minimum atomic E-state index is -0.352. The minimum Gasteiger partial charge on any atom is -0.490 e. The van der Waals surface area contributed by atoms with Gasteiger partial charge in [-0.2, -0.15) is 5.10 Å². The number of nitrogens with zero attached hydrogens (tertiary/aromatic N) is 2. The van der Waals surface area contributed by atoms with Crippen LogP contribution in [-0.2, 0) is 0 Å². The molecule has 28 heavy (non-hydrogen) atoms. The predicted octanol–water partition coefficient (Wildman–Crippen LogP) is 6.04. The molecule has 0 saturated carbocycles. The van der Waals surface area contributed by atoms with E-state index >= 15 is 0 Å². The Bertz CT molecular complexity index is 1030. The highest BCUT2D eigenvalue weighted by atomic mass is 35.5. The fourth-order valence-electron chi connectivity index (χ4n) is 3.82. The molecule has 2 aliphatic rings. The highest BCUT2D eigenvalue weighted by Crippen LogP contribution is 2.51. The predicted molar refractivity (Wildman–Crippen MR) is 112 cm³/mol. The molecule has 3 heterocycles. The lowest BCUT2D eigenvalue weighted by Gasteiger charge is -2.38. The number of fused-ring (bicyclic) bond motifs is 3. The van der Waals surface area contributed by atoms with Crippen LogP contribution in [0, 0.1) is 0 Å². The summed E-state index contributed by atoms with van der Waals surface area (Å²) in [6.07, 6.45) is 0.485. The van der Waals surface area contributed by atoms with Gasteiger partial charge in [-0.05, 0) is 36.6 Å². The van der Waals surface area contributed by atoms with Crippen LogP contribution < -0.4 is 9.47 Å². The third-order valence-corrected chi connectivity index (χ3v) is 6.17. The van der Waals surface area contributed by atoms with Crippen LogP contribution in [0.15, 0.2) is 65.1 Å². The van der Waals surface area contributed by atoms with Gasteiger partial charge >= 0.3 is 0 Å². The molecule has 0 fully saturated rings. The Kier molecular flexibility index (Phi) is 4.49. The molecule has 2 aromatic carbocycles. The molecule has 2 atom stereocenters. The molecule has 0 saturated heterocycles. The summed E-state index contributed by atoms with van der Waals surface area (Å²) in [4.78, 5) is 1.20. The first-order valence-corrected chi connectivity index (χ1v) is 10.6. The summed E-state index contributed by atoms with van der Waals surface area (Å²) in [5, 5.41) is 9.80. The molecule has 6 heteroatoms. The van der Waals surface area contributed by atoms with Crippen LogP contribution in [0.3, 0.4) is 0 Å². The molecule has 0 unspecified atom stereocenters. The Balaban J connectivity index is 1.63. The van der Waals surface area contributed by atoms with Gasteiger partial charge in [0.15, 0.2) is 11.5 Å². The average molecular weight is 411 g/mol. The molecule has 5 rings (SSSR count). The van der Waals surface area contributed by atoms with Gasteiger partial charge in [0.1, 0.15) is 0 Å². The molecule has 1 aromatic heterocycles. The van der Waals surface area contributed by atoms with E-state index in [9.17, 15) is 0 Å². The van der Waals surface area contributed by atoms with Crippen molar-refractivity contribution in [1.82, 2.24) is 5.01 Å². The lowest BCUT2D eigenvalue weighted by atomic mass is 9.97. The van der Waals surface area contributed by atoms with E-state index in [1.54, 1.807) is 11.3 Å². The molecule has 0 radical (unpaired) electrons. The molecular weight excluding hydrogens is 392 g/mol. The number of thiophene rings is 1. The van der Waals surface area contributed by atoms with Crippen molar-refractivity contribution in [2.45, 2.75) is 25.6 Å². The quantitative estimate of drug-likeness (QED) is 0.525. The van der Waals surface area contributed by atoms with Crippen molar-refractivity contribution in [3.63, 3.8) is 0 Å². The van der Waals surface area contributed by atoms with Crippen LogP contribution in [0.5, 0.6) is 11.5 Å². The maximum atomic E-state index is 6.47. The highest BCUT2D eigenvalue weighted by molar-refractivity contribution is 7.12. The van der Waals surface area contributed by atoms with E-state index in [2.05, 4.69) is 28.6 Å². The minimum absolute atomic E-state index is 0.102. The second-order valence-electron chi connectivity index (χ2n) is 6.76. The second-order valence-corrected chi connectivity index (χ2v) is 8.14. The fourth-order valence-corrected chi connectivity index (χ4v) is 4.74. The first kappa shape index (κ1) is 17.6. The van der Waals surface area contributed by atoms with Crippen LogP contribution in [0.25, 0.3) is 0 Å². The van der Waals surface area contributed by atoms with Gasteiger partial charge in [0.25, 0.3) is 0 Å². The lowest BCUT2D eigenvalue weighted by molar-refractivity contribution is -0.0212. The molecule has 0 bridgehead atoms. The van der Waals surface area contributed by atoms with Crippen LogP contribution in [0.2, 0.25) is 5.02 Å². The Morgan fingerprint density at radius 2 is 2.11 bits per heavy atom. The Morgan fingerprint density at radius 3 is 2.89 bits per heavy atom. The highest BCUT2D eigenvalue weighted by Gasteiger charge is 2.42. The molecule has 0 spiro atoms. The van der Waals surface area contributed by atoms with Crippen LogP contribution in [0.1, 0.15) is 41.6 Å². The monoisotopic (exact) mass is 410 g/mol. The topological polar surface area (TPSA) is 34.1 Å². The van der Waals surface area contributed by atoms with Crippen molar-refractivity contribution >= 4 is 28.6 Å². The number of hydrogen-bond donors (Lipinski definition) is 0. The largest absolute Gasteiger partial charge is 0.490 e. The second kappa shape index (κ2) is 7.15. The summed E-state index contributed by atoms with van der Waals surface area (Å²) < 4.78 is 12.3. The van der Waals surface area contributed by atoms with E-state index in [0.717, 1.165) is 34.8 Å². The molecule has 2 aliphatic heterocycles. The van der Waals surface area contributed by atoms with Gasteiger partial charge in [0, 0.05) is 22.6 Å². The standard InChI is InChI=1S/C22H19ClN2O2S/c1-2-26-19-9-4-8-16-18-13-17(20-10-5-11-28-20)24-25(18)22(27-21(16)19)14-6-3-7-15(23)12-14/h3-12,18,22H,2,13H2,1H3/t18-,22+/m0/s1. The first-order valence-electron chi connectivity index (χ1n) is 9.32. The summed E-state index contributed by atoms with van der Waals surface area (Å²) in [7, 11) is 0. The summed E-state index contributed by atoms with van der Waals surface area (Å²) in [5.74, 6) is 1.58. The van der Waals surface area contributed by atoms with Crippen LogP contribution in [-0.4, -0.2) is 17.3 Å². The summed E-state index contributed by atoms with van der Waals surface area (Å²) >= 11 is 7.98. The van der Waals surface area contributed by atoms with E-state index in [0.29, 0.717) is 11.6 Å². The Labute approximate surface area is 173 Å². The number of ether oxygens (including phenoxy) is 2. The van der Waals surface area contributed by atoms with Crippen LogP contribution in [0.4, 0.5) is 0 Å². The third-order valence-electron chi connectivity index (χ3n) is 5.02. The normalized spacial score (nSPS) is 20.2. The van der Waals surface area contributed by atoms with Gasteiger partial charge in [0.05, 0.1) is 23.2 Å². The maximum Gasteiger partial charge on any atom is 0.214 e. The number of hydrogen-bond acceptors (Lipinski definition) is 5. The Hall–Kier alpha value is -2.50. The van der Waals surface area contributed by atoms with Crippen molar-refractivity contribution in [3.05, 3.63) is 81.0 Å². The van der Waals surface area contributed by atoms with Crippen molar-refractivity contribution < 1.29 is 9.47 Å².